The summed E-state index contributed by atoms with van der Waals surface area (Å²) in [5, 5.41) is 27.5. The first-order chi connectivity index (χ1) is 9.17. The van der Waals surface area contributed by atoms with E-state index in [1.165, 1.54) is 12.5 Å². The largest absolute Gasteiger partial charge is 0.396 e. The van der Waals surface area contributed by atoms with E-state index in [-0.39, 0.29) is 25.6 Å². The zero-order valence-corrected chi connectivity index (χ0v) is 10.0. The number of hydrogen-bond acceptors (Lipinski definition) is 7. The van der Waals surface area contributed by atoms with E-state index in [0.717, 1.165) is 0 Å². The van der Waals surface area contributed by atoms with E-state index < -0.39 is 6.29 Å². The van der Waals surface area contributed by atoms with Crippen molar-refractivity contribution in [3.8, 4) is 6.07 Å². The highest BCUT2D eigenvalue weighted by Gasteiger charge is 2.14. The fraction of sp³-hybridized carbons (Fsp3) is 0.364. The van der Waals surface area contributed by atoms with E-state index in [1.54, 1.807) is 4.57 Å². The molecule has 0 radical (unpaired) electrons. The number of rotatable bonds is 5. The first kappa shape index (κ1) is 13.2. The molecule has 8 nitrogen and oxygen atoms in total. The topological polar surface area (TPSA) is 130 Å². The molecule has 2 heterocycles. The van der Waals surface area contributed by atoms with Gasteiger partial charge in [0.2, 0.25) is 0 Å². The van der Waals surface area contributed by atoms with Gasteiger partial charge >= 0.3 is 0 Å². The number of hydrogen-bond donors (Lipinski definition) is 3. The summed E-state index contributed by atoms with van der Waals surface area (Å²) in [5.41, 5.74) is 6.51. The SMILES string of the molecule is N#Cc1cn(COC(O)CCO)c2ncnc(N)c12. The van der Waals surface area contributed by atoms with Crippen LogP contribution in [-0.2, 0) is 11.5 Å². The highest BCUT2D eigenvalue weighted by atomic mass is 16.6. The third kappa shape index (κ3) is 2.63. The minimum absolute atomic E-state index is 0.00417. The molecule has 0 aliphatic heterocycles. The van der Waals surface area contributed by atoms with Crippen LogP contribution in [0.3, 0.4) is 0 Å². The highest BCUT2D eigenvalue weighted by Crippen LogP contribution is 2.23. The normalized spacial score (nSPS) is 12.5. The van der Waals surface area contributed by atoms with Gasteiger partial charge in [0.25, 0.3) is 0 Å². The molecule has 4 N–H and O–H groups in total. The van der Waals surface area contributed by atoms with Gasteiger partial charge in [-0.3, -0.25) is 0 Å². The lowest BCUT2D eigenvalue weighted by Gasteiger charge is -2.11. The maximum absolute atomic E-state index is 9.38. The van der Waals surface area contributed by atoms with Gasteiger partial charge in [0.05, 0.1) is 10.9 Å². The summed E-state index contributed by atoms with van der Waals surface area (Å²) in [6.07, 6.45) is 1.86. The molecule has 0 fully saturated rings. The van der Waals surface area contributed by atoms with E-state index >= 15 is 0 Å². The summed E-state index contributed by atoms with van der Waals surface area (Å²) in [6.45, 7) is -0.179. The summed E-state index contributed by atoms with van der Waals surface area (Å²) < 4.78 is 6.67. The molecule has 2 rings (SSSR count). The lowest BCUT2D eigenvalue weighted by atomic mass is 10.2. The number of aliphatic hydroxyl groups is 2. The van der Waals surface area contributed by atoms with Crippen molar-refractivity contribution in [3.05, 3.63) is 18.1 Å². The van der Waals surface area contributed by atoms with Gasteiger partial charge < -0.3 is 25.3 Å². The van der Waals surface area contributed by atoms with Crippen LogP contribution in [0, 0.1) is 11.3 Å². The number of aliphatic hydroxyl groups excluding tert-OH is 2. The number of nitrogens with zero attached hydrogens (tertiary/aromatic N) is 4. The summed E-state index contributed by atoms with van der Waals surface area (Å²) in [7, 11) is 0. The molecule has 2 aromatic heterocycles. The van der Waals surface area contributed by atoms with E-state index in [2.05, 4.69) is 9.97 Å². The van der Waals surface area contributed by atoms with Crippen molar-refractivity contribution in [1.29, 1.82) is 5.26 Å². The fourth-order valence-corrected chi connectivity index (χ4v) is 1.69. The van der Waals surface area contributed by atoms with Gasteiger partial charge in [-0.25, -0.2) is 9.97 Å². The molecule has 0 aliphatic rings. The van der Waals surface area contributed by atoms with Crippen LogP contribution in [0.5, 0.6) is 0 Å². The second kappa shape index (κ2) is 5.62. The van der Waals surface area contributed by atoms with Crippen LogP contribution in [0.2, 0.25) is 0 Å². The van der Waals surface area contributed by atoms with Crippen LogP contribution in [0.1, 0.15) is 12.0 Å². The maximum Gasteiger partial charge on any atom is 0.159 e. The lowest BCUT2D eigenvalue weighted by Crippen LogP contribution is -2.16. The molecule has 0 saturated heterocycles. The van der Waals surface area contributed by atoms with Gasteiger partial charge in [-0.1, -0.05) is 0 Å². The number of nitrogens with two attached hydrogens (primary N) is 1. The van der Waals surface area contributed by atoms with Crippen molar-refractivity contribution < 1.29 is 14.9 Å². The van der Waals surface area contributed by atoms with Gasteiger partial charge in [-0.15, -0.1) is 0 Å². The van der Waals surface area contributed by atoms with Gasteiger partial charge in [-0.05, 0) is 0 Å². The summed E-state index contributed by atoms with van der Waals surface area (Å²) in [6, 6.07) is 2.01. The van der Waals surface area contributed by atoms with Crippen molar-refractivity contribution in [3.63, 3.8) is 0 Å². The predicted octanol–water partition coefficient (Wildman–Crippen LogP) is -0.440. The predicted molar refractivity (Wildman–Crippen MR) is 65.5 cm³/mol. The number of aromatic nitrogens is 3. The molecule has 1 unspecified atom stereocenters. The van der Waals surface area contributed by atoms with E-state index in [0.29, 0.717) is 16.6 Å². The number of fused-ring (bicyclic) bond motifs is 1. The number of nitriles is 1. The zero-order chi connectivity index (χ0) is 13.8. The molecule has 0 bridgehead atoms. The third-order valence-electron chi connectivity index (χ3n) is 2.59. The maximum atomic E-state index is 9.38. The molecule has 2 aromatic rings. The Morgan fingerprint density at radius 1 is 1.53 bits per heavy atom. The van der Waals surface area contributed by atoms with Gasteiger partial charge in [-0.2, -0.15) is 5.26 Å². The number of nitrogen functional groups attached to an aromatic ring is 1. The van der Waals surface area contributed by atoms with Crippen LogP contribution in [-0.4, -0.2) is 37.6 Å². The average molecular weight is 263 g/mol. The Labute approximate surface area is 108 Å². The molecule has 0 saturated carbocycles. The van der Waals surface area contributed by atoms with Crippen molar-refractivity contribution in [1.82, 2.24) is 14.5 Å². The van der Waals surface area contributed by atoms with Crippen molar-refractivity contribution in [2.45, 2.75) is 19.4 Å². The van der Waals surface area contributed by atoms with Crippen LogP contribution < -0.4 is 5.73 Å². The molecule has 19 heavy (non-hydrogen) atoms. The zero-order valence-electron chi connectivity index (χ0n) is 10.0. The average Bonchev–Trinajstić information content (AvgIpc) is 2.76. The molecule has 8 heteroatoms. The molecular weight excluding hydrogens is 250 g/mol. The van der Waals surface area contributed by atoms with Gasteiger partial charge in [0.1, 0.15) is 30.6 Å². The van der Waals surface area contributed by atoms with E-state index in [4.69, 9.17) is 20.8 Å². The second-order valence-electron chi connectivity index (χ2n) is 3.84. The Hall–Kier alpha value is -2.21. The number of anilines is 1. The van der Waals surface area contributed by atoms with Gasteiger partial charge in [0.15, 0.2) is 6.29 Å². The molecule has 0 aromatic carbocycles. The smallest absolute Gasteiger partial charge is 0.159 e. The van der Waals surface area contributed by atoms with Crippen molar-refractivity contribution in [2.24, 2.45) is 0 Å². The van der Waals surface area contributed by atoms with Crippen molar-refractivity contribution >= 4 is 16.9 Å². The lowest BCUT2D eigenvalue weighted by molar-refractivity contribution is -0.132. The Morgan fingerprint density at radius 2 is 2.32 bits per heavy atom. The standard InChI is InChI=1S/C11H13N5O3/c12-3-7-4-16(6-19-8(18)1-2-17)11-9(7)10(13)14-5-15-11/h4-5,8,17-18H,1-2,6H2,(H2,13,14,15). The minimum Gasteiger partial charge on any atom is -0.396 e. The molecular formula is C11H13N5O3. The molecule has 0 aliphatic carbocycles. The third-order valence-corrected chi connectivity index (χ3v) is 2.59. The monoisotopic (exact) mass is 263 g/mol. The van der Waals surface area contributed by atoms with Crippen LogP contribution in [0.25, 0.3) is 11.0 Å². The quantitative estimate of drug-likeness (QED) is 0.623. The molecule has 0 amide bonds. The molecule has 1 atom stereocenters. The fourth-order valence-electron chi connectivity index (χ4n) is 1.69. The Kier molecular flexibility index (Phi) is 3.91. The van der Waals surface area contributed by atoms with Crippen LogP contribution >= 0.6 is 0 Å². The Morgan fingerprint density at radius 3 is 3.00 bits per heavy atom. The van der Waals surface area contributed by atoms with Gasteiger partial charge in [0, 0.05) is 19.2 Å². The summed E-state index contributed by atoms with van der Waals surface area (Å²) >= 11 is 0. The van der Waals surface area contributed by atoms with Crippen LogP contribution in [0.15, 0.2) is 12.5 Å². The molecule has 0 spiro atoms. The first-order valence-electron chi connectivity index (χ1n) is 5.57. The van der Waals surface area contributed by atoms with E-state index in [1.807, 2.05) is 6.07 Å². The second-order valence-corrected chi connectivity index (χ2v) is 3.84. The van der Waals surface area contributed by atoms with Crippen molar-refractivity contribution in [2.75, 3.05) is 12.3 Å². The summed E-state index contributed by atoms with van der Waals surface area (Å²) in [4.78, 5) is 7.88. The number of ether oxygens (including phenoxy) is 1. The van der Waals surface area contributed by atoms with E-state index in [9.17, 15) is 5.11 Å². The first-order valence-corrected chi connectivity index (χ1v) is 5.57. The Balaban J connectivity index is 2.30. The minimum atomic E-state index is -1.08. The summed E-state index contributed by atoms with van der Waals surface area (Å²) in [5.74, 6) is 0.219. The highest BCUT2D eigenvalue weighted by molar-refractivity contribution is 5.91. The Bertz CT molecular complexity index is 619. The van der Waals surface area contributed by atoms with Crippen LogP contribution in [0.4, 0.5) is 5.82 Å². The molecule has 100 valence electrons.